The van der Waals surface area contributed by atoms with Crippen LogP contribution in [0.4, 0.5) is 10.2 Å². The number of amides is 1. The lowest BCUT2D eigenvalue weighted by Crippen LogP contribution is -2.16. The van der Waals surface area contributed by atoms with Crippen molar-refractivity contribution in [2.24, 2.45) is 7.05 Å². The first kappa shape index (κ1) is 18.9. The zero-order valence-electron chi connectivity index (χ0n) is 13.8. The Hall–Kier alpha value is -2.91. The van der Waals surface area contributed by atoms with Crippen LogP contribution in [0.15, 0.2) is 30.6 Å². The van der Waals surface area contributed by atoms with Gasteiger partial charge in [0.25, 0.3) is 5.91 Å². The van der Waals surface area contributed by atoms with E-state index in [-0.39, 0.29) is 33.7 Å². The third kappa shape index (κ3) is 4.09. The van der Waals surface area contributed by atoms with Gasteiger partial charge in [-0.2, -0.15) is 10.2 Å². The average molecular weight is 412 g/mol. The van der Waals surface area contributed by atoms with Gasteiger partial charge in [0.05, 0.1) is 12.1 Å². The third-order valence-electron chi connectivity index (χ3n) is 3.57. The first-order valence-electron chi connectivity index (χ1n) is 7.49. The normalized spacial score (nSPS) is 10.8. The molecular weight excluding hydrogens is 400 g/mol. The van der Waals surface area contributed by atoms with Crippen LogP contribution in [0.1, 0.15) is 26.4 Å². The van der Waals surface area contributed by atoms with Crippen LogP contribution in [0.5, 0.6) is 0 Å². The van der Waals surface area contributed by atoms with Crippen LogP contribution < -0.4 is 5.32 Å². The maximum atomic E-state index is 13.1. The molecular formula is C16H12Cl2FN5O3. The van der Waals surface area contributed by atoms with Crippen LogP contribution in [0, 0.1) is 5.82 Å². The van der Waals surface area contributed by atoms with Gasteiger partial charge < -0.3 is 10.4 Å². The van der Waals surface area contributed by atoms with E-state index in [1.165, 1.54) is 47.0 Å². The van der Waals surface area contributed by atoms with Crippen LogP contribution in [-0.2, 0) is 13.6 Å². The number of carboxylic acid groups (broad SMARTS) is 1. The monoisotopic (exact) mass is 411 g/mol. The van der Waals surface area contributed by atoms with E-state index < -0.39 is 17.7 Å². The topological polar surface area (TPSA) is 102 Å². The lowest BCUT2D eigenvalue weighted by atomic mass is 10.2. The maximum absolute atomic E-state index is 13.1. The largest absolute Gasteiger partial charge is 0.476 e. The van der Waals surface area contributed by atoms with Gasteiger partial charge in [0, 0.05) is 24.5 Å². The predicted octanol–water partition coefficient (Wildman–Crippen LogP) is 3.06. The highest BCUT2D eigenvalue weighted by atomic mass is 35.5. The summed E-state index contributed by atoms with van der Waals surface area (Å²) in [4.78, 5) is 23.5. The van der Waals surface area contributed by atoms with Crippen molar-refractivity contribution in [3.63, 3.8) is 0 Å². The number of aromatic nitrogens is 4. The molecule has 0 aliphatic carbocycles. The van der Waals surface area contributed by atoms with Crippen molar-refractivity contribution in [1.82, 2.24) is 19.6 Å². The quantitative estimate of drug-likeness (QED) is 0.671. The zero-order chi connectivity index (χ0) is 19.7. The van der Waals surface area contributed by atoms with E-state index in [0.717, 1.165) is 0 Å². The third-order valence-corrected chi connectivity index (χ3v) is 4.20. The van der Waals surface area contributed by atoms with Crippen molar-refractivity contribution < 1.29 is 19.1 Å². The smallest absolute Gasteiger partial charge is 0.357 e. The number of halogens is 3. The highest BCUT2D eigenvalue weighted by Gasteiger charge is 2.22. The fourth-order valence-electron chi connectivity index (χ4n) is 2.37. The highest BCUT2D eigenvalue weighted by molar-refractivity contribution is 6.33. The first-order valence-corrected chi connectivity index (χ1v) is 8.25. The molecule has 0 aliphatic rings. The Morgan fingerprint density at radius 2 is 1.96 bits per heavy atom. The van der Waals surface area contributed by atoms with Gasteiger partial charge in [0.2, 0.25) is 0 Å². The molecule has 8 nitrogen and oxygen atoms in total. The lowest BCUT2D eigenvalue weighted by Gasteiger charge is -2.05. The number of aromatic carboxylic acids is 1. The molecule has 27 heavy (non-hydrogen) atoms. The van der Waals surface area contributed by atoms with Crippen molar-refractivity contribution in [2.75, 3.05) is 5.32 Å². The van der Waals surface area contributed by atoms with E-state index in [9.17, 15) is 14.0 Å². The van der Waals surface area contributed by atoms with Gasteiger partial charge in [-0.15, -0.1) is 0 Å². The summed E-state index contributed by atoms with van der Waals surface area (Å²) in [7, 11) is 1.50. The van der Waals surface area contributed by atoms with E-state index >= 15 is 0 Å². The van der Waals surface area contributed by atoms with Gasteiger partial charge >= 0.3 is 5.97 Å². The first-order chi connectivity index (χ1) is 12.7. The summed E-state index contributed by atoms with van der Waals surface area (Å²) in [6, 6.07) is 3.96. The summed E-state index contributed by atoms with van der Waals surface area (Å²) >= 11 is 12.1. The van der Waals surface area contributed by atoms with Crippen molar-refractivity contribution in [3.05, 3.63) is 63.3 Å². The molecule has 3 rings (SSSR count). The Labute approximate surface area is 162 Å². The standard InChI is InChI=1S/C16H12Cl2FN5O3/c1-23-6-10(13(21-23)16(26)27)15(25)20-14-12(18)7-24(22-14)5-8-2-3-9(19)4-11(8)17/h2-4,6-7H,5H2,1H3,(H,26,27)(H,20,22,25). The Morgan fingerprint density at radius 1 is 1.22 bits per heavy atom. The van der Waals surface area contributed by atoms with Crippen LogP contribution in [0.3, 0.4) is 0 Å². The summed E-state index contributed by atoms with van der Waals surface area (Å²) in [5.41, 5.74) is 0.0939. The second kappa shape index (κ2) is 7.37. The van der Waals surface area contributed by atoms with E-state index in [0.29, 0.717) is 5.56 Å². The van der Waals surface area contributed by atoms with Crippen LogP contribution in [0.25, 0.3) is 0 Å². The average Bonchev–Trinajstić information content (AvgIpc) is 3.13. The molecule has 0 saturated heterocycles. The minimum Gasteiger partial charge on any atom is -0.476 e. The molecule has 3 aromatic rings. The maximum Gasteiger partial charge on any atom is 0.357 e. The number of carbonyl (C=O) groups is 2. The van der Waals surface area contributed by atoms with Gasteiger partial charge in [0.15, 0.2) is 11.5 Å². The summed E-state index contributed by atoms with van der Waals surface area (Å²) in [6.07, 6.45) is 2.74. The van der Waals surface area contributed by atoms with Crippen LogP contribution in [0.2, 0.25) is 10.0 Å². The molecule has 0 spiro atoms. The number of carboxylic acids is 1. The molecule has 0 saturated carbocycles. The molecule has 2 aromatic heterocycles. The molecule has 0 fully saturated rings. The van der Waals surface area contributed by atoms with E-state index in [1.54, 1.807) is 0 Å². The van der Waals surface area contributed by atoms with Gasteiger partial charge in [-0.3, -0.25) is 14.2 Å². The number of hydrogen-bond donors (Lipinski definition) is 2. The SMILES string of the molecule is Cn1cc(C(=O)Nc2nn(Cc3ccc(F)cc3Cl)cc2Cl)c(C(=O)O)n1. The van der Waals surface area contributed by atoms with Gasteiger partial charge in [0.1, 0.15) is 10.8 Å². The lowest BCUT2D eigenvalue weighted by molar-refractivity contribution is 0.0685. The molecule has 2 N–H and O–H groups in total. The van der Waals surface area contributed by atoms with Crippen LogP contribution in [-0.4, -0.2) is 36.5 Å². The summed E-state index contributed by atoms with van der Waals surface area (Å²) in [5.74, 6) is -2.46. The number of rotatable bonds is 5. The number of benzene rings is 1. The van der Waals surface area contributed by atoms with E-state index in [1.807, 2.05) is 0 Å². The molecule has 0 aliphatic heterocycles. The minimum atomic E-state index is -1.33. The number of nitrogens with zero attached hydrogens (tertiary/aromatic N) is 4. The number of aryl methyl sites for hydroxylation is 1. The molecule has 2 heterocycles. The predicted molar refractivity (Wildman–Crippen MR) is 95.9 cm³/mol. The fourth-order valence-corrected chi connectivity index (χ4v) is 2.80. The summed E-state index contributed by atoms with van der Waals surface area (Å²) in [5, 5.41) is 19.8. The summed E-state index contributed by atoms with van der Waals surface area (Å²) < 4.78 is 15.8. The number of anilines is 1. The van der Waals surface area contributed by atoms with Crippen molar-refractivity contribution in [1.29, 1.82) is 0 Å². The van der Waals surface area contributed by atoms with Crippen molar-refractivity contribution >= 4 is 40.9 Å². The summed E-state index contributed by atoms with van der Waals surface area (Å²) in [6.45, 7) is 0.196. The van der Waals surface area contributed by atoms with E-state index in [4.69, 9.17) is 28.3 Å². The number of hydrogen-bond acceptors (Lipinski definition) is 4. The molecule has 0 unspecified atom stereocenters. The van der Waals surface area contributed by atoms with Gasteiger partial charge in [-0.05, 0) is 17.7 Å². The Bertz CT molecular complexity index is 1050. The molecule has 0 atom stereocenters. The highest BCUT2D eigenvalue weighted by Crippen LogP contribution is 2.23. The molecule has 140 valence electrons. The molecule has 1 amide bonds. The zero-order valence-corrected chi connectivity index (χ0v) is 15.3. The molecule has 1 aromatic carbocycles. The second-order valence-electron chi connectivity index (χ2n) is 5.58. The van der Waals surface area contributed by atoms with Gasteiger partial charge in [-0.25, -0.2) is 9.18 Å². The van der Waals surface area contributed by atoms with Gasteiger partial charge in [-0.1, -0.05) is 29.3 Å². The molecule has 11 heteroatoms. The Kier molecular flexibility index (Phi) is 5.15. The minimum absolute atomic E-state index is 0.0418. The molecule has 0 radical (unpaired) electrons. The number of carbonyl (C=O) groups excluding carboxylic acids is 1. The second-order valence-corrected chi connectivity index (χ2v) is 6.40. The Morgan fingerprint density at radius 3 is 2.63 bits per heavy atom. The fraction of sp³-hybridized carbons (Fsp3) is 0.125. The van der Waals surface area contributed by atoms with Crippen molar-refractivity contribution in [3.8, 4) is 0 Å². The van der Waals surface area contributed by atoms with Crippen molar-refractivity contribution in [2.45, 2.75) is 6.54 Å². The Balaban J connectivity index is 1.81. The number of nitrogens with one attached hydrogen (secondary N) is 1. The molecule has 0 bridgehead atoms. The van der Waals surface area contributed by atoms with E-state index in [2.05, 4.69) is 15.5 Å². The van der Waals surface area contributed by atoms with Crippen LogP contribution >= 0.6 is 23.2 Å².